The summed E-state index contributed by atoms with van der Waals surface area (Å²) in [6.07, 6.45) is 2.76. The Hall–Kier alpha value is -1.85. The molecule has 1 saturated heterocycles. The van der Waals surface area contributed by atoms with Gasteiger partial charge in [0.15, 0.2) is 0 Å². The molecule has 3 rings (SSSR count). The molecule has 0 bridgehead atoms. The number of aryl methyl sites for hydroxylation is 1. The van der Waals surface area contributed by atoms with Crippen molar-refractivity contribution in [3.05, 3.63) is 59.7 Å². The molecule has 2 aromatic carbocycles. The minimum Gasteiger partial charge on any atom is -0.497 e. The molecule has 0 amide bonds. The highest BCUT2D eigenvalue weighted by Gasteiger charge is 2.34. The van der Waals surface area contributed by atoms with Gasteiger partial charge >= 0.3 is 0 Å². The van der Waals surface area contributed by atoms with Gasteiger partial charge in [-0.15, -0.1) is 0 Å². The molecule has 0 aromatic heterocycles. The molecule has 4 nitrogen and oxygen atoms in total. The Morgan fingerprint density at radius 1 is 1.08 bits per heavy atom. The third kappa shape index (κ3) is 3.32. The van der Waals surface area contributed by atoms with E-state index in [-0.39, 0.29) is 6.04 Å². The molecule has 1 aliphatic heterocycles. The van der Waals surface area contributed by atoms with Crippen LogP contribution in [0.5, 0.6) is 5.75 Å². The van der Waals surface area contributed by atoms with Gasteiger partial charge in [0.2, 0.25) is 10.0 Å². The van der Waals surface area contributed by atoms with Crippen molar-refractivity contribution >= 4 is 10.0 Å². The van der Waals surface area contributed by atoms with Gasteiger partial charge in [0, 0.05) is 6.54 Å². The standard InChI is InChI=1S/C19H23NO3S/c1-15-9-11-18(12-10-15)24(21,22)20-13-4-3-8-19(20)16-6-5-7-17(14-16)23-2/h5-7,9-12,14,19H,3-4,8,13H2,1-2H3. The van der Waals surface area contributed by atoms with Crippen molar-refractivity contribution in [2.75, 3.05) is 13.7 Å². The molecular formula is C19H23NO3S. The molecule has 1 aliphatic rings. The van der Waals surface area contributed by atoms with Crippen LogP contribution in [-0.4, -0.2) is 26.4 Å². The van der Waals surface area contributed by atoms with Crippen molar-refractivity contribution < 1.29 is 13.2 Å². The second kappa shape index (κ2) is 6.95. The highest BCUT2D eigenvalue weighted by Crippen LogP contribution is 2.36. The van der Waals surface area contributed by atoms with E-state index in [1.54, 1.807) is 23.5 Å². The zero-order valence-electron chi connectivity index (χ0n) is 14.1. The number of rotatable bonds is 4. The molecular weight excluding hydrogens is 322 g/mol. The van der Waals surface area contributed by atoms with E-state index in [1.807, 2.05) is 43.3 Å². The fourth-order valence-electron chi connectivity index (χ4n) is 3.22. The van der Waals surface area contributed by atoms with Crippen molar-refractivity contribution in [3.8, 4) is 5.75 Å². The van der Waals surface area contributed by atoms with Crippen molar-refractivity contribution in [1.29, 1.82) is 0 Å². The van der Waals surface area contributed by atoms with E-state index in [0.29, 0.717) is 11.4 Å². The zero-order chi connectivity index (χ0) is 17.2. The van der Waals surface area contributed by atoms with Crippen molar-refractivity contribution in [2.24, 2.45) is 0 Å². The van der Waals surface area contributed by atoms with Gasteiger partial charge in [-0.1, -0.05) is 36.2 Å². The number of piperidine rings is 1. The van der Waals surface area contributed by atoms with Gasteiger partial charge in [-0.2, -0.15) is 4.31 Å². The lowest BCUT2D eigenvalue weighted by atomic mass is 9.97. The summed E-state index contributed by atoms with van der Waals surface area (Å²) >= 11 is 0. The quantitative estimate of drug-likeness (QED) is 0.844. The Balaban J connectivity index is 1.98. The van der Waals surface area contributed by atoms with Gasteiger partial charge in [-0.25, -0.2) is 8.42 Å². The Morgan fingerprint density at radius 3 is 2.54 bits per heavy atom. The van der Waals surface area contributed by atoms with Crippen molar-refractivity contribution in [3.63, 3.8) is 0 Å². The molecule has 1 fully saturated rings. The topological polar surface area (TPSA) is 46.6 Å². The maximum absolute atomic E-state index is 13.1. The van der Waals surface area contributed by atoms with Crippen LogP contribution in [0, 0.1) is 6.92 Å². The maximum Gasteiger partial charge on any atom is 0.243 e. The van der Waals surface area contributed by atoms with Gasteiger partial charge in [0.25, 0.3) is 0 Å². The summed E-state index contributed by atoms with van der Waals surface area (Å²) in [5.41, 5.74) is 2.04. The summed E-state index contributed by atoms with van der Waals surface area (Å²) < 4.78 is 33.2. The second-order valence-corrected chi connectivity index (χ2v) is 8.11. The van der Waals surface area contributed by atoms with Crippen LogP contribution in [0.4, 0.5) is 0 Å². The molecule has 1 heterocycles. The number of nitrogens with zero attached hydrogens (tertiary/aromatic N) is 1. The third-order valence-corrected chi connectivity index (χ3v) is 6.48. The fourth-order valence-corrected chi connectivity index (χ4v) is 4.90. The van der Waals surface area contributed by atoms with Crippen molar-refractivity contribution in [2.45, 2.75) is 37.1 Å². The van der Waals surface area contributed by atoms with E-state index in [2.05, 4.69) is 0 Å². The van der Waals surface area contributed by atoms with E-state index in [9.17, 15) is 8.42 Å². The Kier molecular flexibility index (Phi) is 4.92. The molecule has 0 spiro atoms. The monoisotopic (exact) mass is 345 g/mol. The minimum atomic E-state index is -3.50. The summed E-state index contributed by atoms with van der Waals surface area (Å²) in [7, 11) is -1.88. The van der Waals surface area contributed by atoms with Gasteiger partial charge in [-0.05, 0) is 49.6 Å². The average Bonchev–Trinajstić information content (AvgIpc) is 2.62. The first-order valence-corrected chi connectivity index (χ1v) is 9.69. The van der Waals surface area contributed by atoms with Crippen LogP contribution < -0.4 is 4.74 Å². The third-order valence-electron chi connectivity index (χ3n) is 4.56. The number of hydrogen-bond acceptors (Lipinski definition) is 3. The first-order valence-electron chi connectivity index (χ1n) is 8.25. The molecule has 2 aromatic rings. The first kappa shape index (κ1) is 17.0. The van der Waals surface area contributed by atoms with Gasteiger partial charge in [0.05, 0.1) is 18.0 Å². The van der Waals surface area contributed by atoms with E-state index in [4.69, 9.17) is 4.74 Å². The Labute approximate surface area is 144 Å². The predicted octanol–water partition coefficient (Wildman–Crippen LogP) is 3.92. The molecule has 1 unspecified atom stereocenters. The Morgan fingerprint density at radius 2 is 1.83 bits per heavy atom. The van der Waals surface area contributed by atoms with Crippen molar-refractivity contribution in [1.82, 2.24) is 4.31 Å². The average molecular weight is 345 g/mol. The summed E-state index contributed by atoms with van der Waals surface area (Å²) in [6.45, 7) is 2.51. The molecule has 128 valence electrons. The summed E-state index contributed by atoms with van der Waals surface area (Å²) in [4.78, 5) is 0.364. The predicted molar refractivity (Wildman–Crippen MR) is 94.7 cm³/mol. The molecule has 24 heavy (non-hydrogen) atoms. The van der Waals surface area contributed by atoms with E-state index < -0.39 is 10.0 Å². The van der Waals surface area contributed by atoms with Crippen LogP contribution in [0.2, 0.25) is 0 Å². The van der Waals surface area contributed by atoms with Crippen LogP contribution >= 0.6 is 0 Å². The molecule has 0 saturated carbocycles. The highest BCUT2D eigenvalue weighted by atomic mass is 32.2. The smallest absolute Gasteiger partial charge is 0.243 e. The zero-order valence-corrected chi connectivity index (χ0v) is 14.9. The summed E-state index contributed by atoms with van der Waals surface area (Å²) in [5, 5.41) is 0. The molecule has 5 heteroatoms. The molecule has 1 atom stereocenters. The summed E-state index contributed by atoms with van der Waals surface area (Å²) in [6, 6.07) is 14.7. The highest BCUT2D eigenvalue weighted by molar-refractivity contribution is 7.89. The van der Waals surface area contributed by atoms with E-state index in [0.717, 1.165) is 36.1 Å². The molecule has 0 N–H and O–H groups in total. The number of ether oxygens (including phenoxy) is 1. The van der Waals surface area contributed by atoms with E-state index in [1.165, 1.54) is 0 Å². The minimum absolute atomic E-state index is 0.139. The lowest BCUT2D eigenvalue weighted by molar-refractivity contribution is 0.255. The fraction of sp³-hybridized carbons (Fsp3) is 0.368. The molecule has 0 aliphatic carbocycles. The lowest BCUT2D eigenvalue weighted by Crippen LogP contribution is -2.38. The van der Waals surface area contributed by atoms with E-state index >= 15 is 0 Å². The summed E-state index contributed by atoms with van der Waals surface area (Å²) in [5.74, 6) is 0.755. The maximum atomic E-state index is 13.1. The van der Waals surface area contributed by atoms with Crippen LogP contribution in [0.25, 0.3) is 0 Å². The SMILES string of the molecule is COc1cccc(C2CCCCN2S(=O)(=O)c2ccc(C)cc2)c1. The molecule has 0 radical (unpaired) electrons. The normalized spacial score (nSPS) is 19.2. The first-order chi connectivity index (χ1) is 11.5. The second-order valence-electron chi connectivity index (χ2n) is 6.22. The van der Waals surface area contributed by atoms with Crippen LogP contribution in [0.1, 0.15) is 36.4 Å². The number of sulfonamides is 1. The largest absolute Gasteiger partial charge is 0.497 e. The lowest BCUT2D eigenvalue weighted by Gasteiger charge is -2.35. The number of methoxy groups -OCH3 is 1. The van der Waals surface area contributed by atoms with Crippen LogP contribution in [0.15, 0.2) is 53.4 Å². The number of benzene rings is 2. The van der Waals surface area contributed by atoms with Gasteiger partial charge in [0.1, 0.15) is 5.75 Å². The van der Waals surface area contributed by atoms with Crippen LogP contribution in [-0.2, 0) is 10.0 Å². The Bertz CT molecular complexity index is 800. The van der Waals surface area contributed by atoms with Gasteiger partial charge in [-0.3, -0.25) is 0 Å². The van der Waals surface area contributed by atoms with Gasteiger partial charge < -0.3 is 4.74 Å². The van der Waals surface area contributed by atoms with Crippen LogP contribution in [0.3, 0.4) is 0 Å². The number of hydrogen-bond donors (Lipinski definition) is 0.